The normalized spacial score (nSPS) is 11.3. The van der Waals surface area contributed by atoms with E-state index < -0.39 is 23.8 Å². The lowest BCUT2D eigenvalue weighted by molar-refractivity contribution is -0.122. The van der Waals surface area contributed by atoms with Crippen molar-refractivity contribution in [2.45, 2.75) is 12.5 Å². The molecule has 0 fully saturated rings. The quantitative estimate of drug-likeness (QED) is 0.426. The van der Waals surface area contributed by atoms with E-state index in [0.717, 1.165) is 0 Å². The van der Waals surface area contributed by atoms with Gasteiger partial charge in [-0.05, 0) is 35.9 Å². The zero-order valence-electron chi connectivity index (χ0n) is 16.6. The molecule has 0 radical (unpaired) electrons. The maximum absolute atomic E-state index is 12.7. The molecule has 3 aromatic rings. The average Bonchev–Trinajstić information content (AvgIpc) is 2.79. The number of benzene rings is 3. The van der Waals surface area contributed by atoms with Crippen molar-refractivity contribution in [3.8, 4) is 0 Å². The third-order valence-corrected chi connectivity index (χ3v) is 5.40. The lowest BCUT2D eigenvalue weighted by Crippen LogP contribution is -2.43. The van der Waals surface area contributed by atoms with Gasteiger partial charge in [0.2, 0.25) is 5.91 Å². The van der Waals surface area contributed by atoms with Crippen LogP contribution < -0.4 is 16.2 Å². The Hall–Kier alpha value is -3.06. The smallest absolute Gasteiger partial charge is 0.271 e. The van der Waals surface area contributed by atoms with Crippen LogP contribution in [-0.2, 0) is 4.79 Å². The number of amides is 3. The van der Waals surface area contributed by atoms with Gasteiger partial charge in [-0.2, -0.15) is 0 Å². The highest BCUT2D eigenvalue weighted by Crippen LogP contribution is 2.21. The molecule has 9 heteroatoms. The van der Waals surface area contributed by atoms with Crippen LogP contribution in [0, 0.1) is 0 Å². The number of rotatable bonds is 6. The summed E-state index contributed by atoms with van der Waals surface area (Å²) >= 11 is 18.0. The van der Waals surface area contributed by atoms with E-state index in [2.05, 4.69) is 16.2 Å². The Balaban J connectivity index is 1.69. The molecule has 6 nitrogen and oxygen atoms in total. The number of carbonyl (C=O) groups is 3. The van der Waals surface area contributed by atoms with Crippen LogP contribution in [0.4, 0.5) is 0 Å². The first-order valence-electron chi connectivity index (χ1n) is 9.49. The first-order valence-corrected chi connectivity index (χ1v) is 10.6. The predicted molar refractivity (Wildman–Crippen MR) is 125 cm³/mol. The van der Waals surface area contributed by atoms with Gasteiger partial charge in [0.05, 0.1) is 33.6 Å². The number of halogens is 3. The second-order valence-electron chi connectivity index (χ2n) is 6.75. The molecule has 0 saturated carbocycles. The van der Waals surface area contributed by atoms with Gasteiger partial charge in [0.1, 0.15) is 0 Å². The van der Waals surface area contributed by atoms with Gasteiger partial charge >= 0.3 is 0 Å². The molecule has 0 aliphatic carbocycles. The van der Waals surface area contributed by atoms with Crippen LogP contribution in [0.3, 0.4) is 0 Å². The molecule has 164 valence electrons. The van der Waals surface area contributed by atoms with E-state index in [9.17, 15) is 14.4 Å². The molecule has 0 aliphatic heterocycles. The minimum Gasteiger partial charge on any atom is -0.345 e. The predicted octanol–water partition coefficient (Wildman–Crippen LogP) is 4.97. The number of hydrazine groups is 1. The average molecular weight is 491 g/mol. The Kier molecular flexibility index (Phi) is 8.11. The van der Waals surface area contributed by atoms with E-state index in [0.29, 0.717) is 21.2 Å². The zero-order valence-corrected chi connectivity index (χ0v) is 18.8. The van der Waals surface area contributed by atoms with Gasteiger partial charge in [0.25, 0.3) is 11.8 Å². The van der Waals surface area contributed by atoms with Crippen LogP contribution in [-0.4, -0.2) is 17.7 Å². The Morgan fingerprint density at radius 2 is 1.38 bits per heavy atom. The monoisotopic (exact) mass is 489 g/mol. The molecule has 0 heterocycles. The largest absolute Gasteiger partial charge is 0.345 e. The summed E-state index contributed by atoms with van der Waals surface area (Å²) in [5.41, 5.74) is 5.76. The Morgan fingerprint density at radius 3 is 2.09 bits per heavy atom. The maximum atomic E-state index is 12.7. The maximum Gasteiger partial charge on any atom is 0.271 e. The Labute approximate surface area is 199 Å². The fourth-order valence-electron chi connectivity index (χ4n) is 2.92. The Bertz CT molecular complexity index is 1140. The summed E-state index contributed by atoms with van der Waals surface area (Å²) in [5.74, 6) is -1.57. The number of carbonyl (C=O) groups excluding carboxylic acids is 3. The van der Waals surface area contributed by atoms with Crippen molar-refractivity contribution in [2.24, 2.45) is 0 Å². The van der Waals surface area contributed by atoms with Crippen LogP contribution >= 0.6 is 34.8 Å². The molecular weight excluding hydrogens is 473 g/mol. The molecule has 3 aromatic carbocycles. The van der Waals surface area contributed by atoms with Gasteiger partial charge in [-0.15, -0.1) is 0 Å². The number of hydrogen-bond donors (Lipinski definition) is 3. The summed E-state index contributed by atoms with van der Waals surface area (Å²) in [7, 11) is 0. The van der Waals surface area contributed by atoms with Crippen molar-refractivity contribution in [2.75, 3.05) is 0 Å². The number of nitrogens with one attached hydrogen (secondary N) is 3. The van der Waals surface area contributed by atoms with Crippen LogP contribution in [0.5, 0.6) is 0 Å². The van der Waals surface area contributed by atoms with Gasteiger partial charge in [0.15, 0.2) is 0 Å². The van der Waals surface area contributed by atoms with Gasteiger partial charge in [0, 0.05) is 5.02 Å². The van der Waals surface area contributed by atoms with Gasteiger partial charge < -0.3 is 5.32 Å². The lowest BCUT2D eigenvalue weighted by Gasteiger charge is -2.19. The van der Waals surface area contributed by atoms with Gasteiger partial charge in [-0.1, -0.05) is 77.3 Å². The second-order valence-corrected chi connectivity index (χ2v) is 8.00. The fraction of sp³-hybridized carbons (Fsp3) is 0.0870. The van der Waals surface area contributed by atoms with E-state index in [-0.39, 0.29) is 17.0 Å². The molecule has 0 bridgehead atoms. The summed E-state index contributed by atoms with van der Waals surface area (Å²) in [5, 5.41) is 3.64. The molecular formula is C23H18Cl3N3O3. The van der Waals surface area contributed by atoms with E-state index in [4.69, 9.17) is 34.8 Å². The summed E-state index contributed by atoms with van der Waals surface area (Å²) < 4.78 is 0. The van der Waals surface area contributed by atoms with Crippen molar-refractivity contribution in [1.29, 1.82) is 0 Å². The minimum atomic E-state index is -0.661. The van der Waals surface area contributed by atoms with E-state index in [1.807, 2.05) is 6.07 Å². The molecule has 32 heavy (non-hydrogen) atoms. The minimum absolute atomic E-state index is 0.117. The summed E-state index contributed by atoms with van der Waals surface area (Å²) in [6.07, 6.45) is -0.135. The van der Waals surface area contributed by atoms with Crippen molar-refractivity contribution >= 4 is 52.5 Å². The molecule has 3 amide bonds. The van der Waals surface area contributed by atoms with Crippen LogP contribution in [0.15, 0.2) is 72.8 Å². The lowest BCUT2D eigenvalue weighted by atomic mass is 10.0. The highest BCUT2D eigenvalue weighted by atomic mass is 35.5. The molecule has 0 aromatic heterocycles. The van der Waals surface area contributed by atoms with Crippen molar-refractivity contribution in [3.63, 3.8) is 0 Å². The van der Waals surface area contributed by atoms with Crippen LogP contribution in [0.2, 0.25) is 15.1 Å². The topological polar surface area (TPSA) is 87.3 Å². The molecule has 0 unspecified atom stereocenters. The first-order chi connectivity index (χ1) is 15.3. The zero-order chi connectivity index (χ0) is 23.1. The highest BCUT2D eigenvalue weighted by molar-refractivity contribution is 6.35. The third-order valence-electron chi connectivity index (χ3n) is 4.50. The van der Waals surface area contributed by atoms with E-state index in [1.54, 1.807) is 54.6 Å². The van der Waals surface area contributed by atoms with E-state index >= 15 is 0 Å². The summed E-state index contributed by atoms with van der Waals surface area (Å²) in [6.45, 7) is 0. The summed E-state index contributed by atoms with van der Waals surface area (Å²) in [4.78, 5) is 37.6. The van der Waals surface area contributed by atoms with Crippen molar-refractivity contribution in [3.05, 3.63) is 105 Å². The highest BCUT2D eigenvalue weighted by Gasteiger charge is 2.21. The first kappa shape index (κ1) is 23.6. The SMILES string of the molecule is O=C(C[C@@H](NC(=O)c1ccccc1Cl)c1ccccc1)NNC(=O)c1cc(Cl)ccc1Cl. The number of hydrogen-bond acceptors (Lipinski definition) is 3. The summed E-state index contributed by atoms with van der Waals surface area (Å²) in [6, 6.07) is 19.4. The standard InChI is InChI=1S/C23H18Cl3N3O3/c24-15-10-11-19(26)17(12-15)23(32)29-28-21(30)13-20(14-6-2-1-3-7-14)27-22(31)16-8-4-5-9-18(16)25/h1-12,20H,13H2,(H,27,31)(H,28,30)(H,29,32)/t20-/m1/s1. The van der Waals surface area contributed by atoms with E-state index in [1.165, 1.54) is 12.1 Å². The molecule has 3 rings (SSSR count). The van der Waals surface area contributed by atoms with Crippen molar-refractivity contribution in [1.82, 2.24) is 16.2 Å². The van der Waals surface area contributed by atoms with Gasteiger partial charge in [-0.3, -0.25) is 25.2 Å². The molecule has 1 atom stereocenters. The second kappa shape index (κ2) is 11.0. The van der Waals surface area contributed by atoms with Crippen molar-refractivity contribution < 1.29 is 14.4 Å². The molecule has 3 N–H and O–H groups in total. The molecule has 0 spiro atoms. The molecule has 0 aliphatic rings. The fourth-order valence-corrected chi connectivity index (χ4v) is 3.52. The molecule has 0 saturated heterocycles. The van der Waals surface area contributed by atoms with Crippen LogP contribution in [0.1, 0.15) is 38.7 Å². The third kappa shape index (κ3) is 6.23. The van der Waals surface area contributed by atoms with Gasteiger partial charge in [-0.25, -0.2) is 0 Å². The Morgan fingerprint density at radius 1 is 0.719 bits per heavy atom. The van der Waals surface area contributed by atoms with Crippen LogP contribution in [0.25, 0.3) is 0 Å².